The van der Waals surface area contributed by atoms with E-state index in [-0.39, 0.29) is 0 Å². The van der Waals surface area contributed by atoms with Crippen LogP contribution < -0.4 is 5.32 Å². The van der Waals surface area contributed by atoms with Gasteiger partial charge in [0.25, 0.3) is 11.7 Å². The summed E-state index contributed by atoms with van der Waals surface area (Å²) in [5.74, 6) is -1.07. The molecule has 2 aromatic rings. The van der Waals surface area contributed by atoms with Gasteiger partial charge in [-0.2, -0.15) is 0 Å². The molecule has 0 atom stereocenters. The van der Waals surface area contributed by atoms with Crippen molar-refractivity contribution < 1.29 is 9.59 Å². The Morgan fingerprint density at radius 1 is 1.16 bits per heavy atom. The normalized spacial score (nSPS) is 13.3. The molecule has 3 rings (SSSR count). The molecule has 0 aliphatic carbocycles. The van der Waals surface area contributed by atoms with Crippen LogP contribution in [0, 0.1) is 6.92 Å². The molecule has 0 radical (unpaired) electrons. The van der Waals surface area contributed by atoms with Crippen LogP contribution in [0.1, 0.15) is 15.9 Å². The number of rotatable bonds is 2. The van der Waals surface area contributed by atoms with Gasteiger partial charge in [0.1, 0.15) is 0 Å². The number of benzene rings is 1. The number of fused-ring (bicyclic) bond motifs is 1. The summed E-state index contributed by atoms with van der Waals surface area (Å²) >= 11 is 1.38. The van der Waals surface area contributed by atoms with E-state index in [1.165, 1.54) is 11.8 Å². The van der Waals surface area contributed by atoms with Gasteiger partial charge in [0.2, 0.25) is 0 Å². The van der Waals surface area contributed by atoms with Gasteiger partial charge in [-0.15, -0.1) is 0 Å². The van der Waals surface area contributed by atoms with E-state index in [4.69, 9.17) is 0 Å². The second kappa shape index (κ2) is 4.47. The number of carbonyl (C=O) groups is 2. The zero-order valence-electron chi connectivity index (χ0n) is 10.0. The molecule has 19 heavy (non-hydrogen) atoms. The summed E-state index contributed by atoms with van der Waals surface area (Å²) in [5.41, 5.74) is 1.96. The number of carbonyl (C=O) groups excluding carboxylic acids is 2. The first-order valence-electron chi connectivity index (χ1n) is 5.60. The standard InChI is InChI=1S/C13H9N3O2S/c1-7-5-14-13(15-6-7)19-8-2-3-9-10(4-8)16-12(18)11(9)17/h2-6H,1H3,(H,16,17,18). The van der Waals surface area contributed by atoms with Gasteiger partial charge in [-0.3, -0.25) is 9.59 Å². The van der Waals surface area contributed by atoms with Crippen molar-refractivity contribution in [3.05, 3.63) is 41.7 Å². The van der Waals surface area contributed by atoms with Gasteiger partial charge in [0, 0.05) is 17.3 Å². The highest BCUT2D eigenvalue weighted by Gasteiger charge is 2.27. The van der Waals surface area contributed by atoms with E-state index in [2.05, 4.69) is 15.3 Å². The lowest BCUT2D eigenvalue weighted by Gasteiger charge is -2.02. The van der Waals surface area contributed by atoms with E-state index in [9.17, 15) is 9.59 Å². The van der Waals surface area contributed by atoms with Crippen molar-refractivity contribution in [2.24, 2.45) is 0 Å². The Morgan fingerprint density at radius 2 is 1.89 bits per heavy atom. The lowest BCUT2D eigenvalue weighted by molar-refractivity contribution is -0.112. The van der Waals surface area contributed by atoms with Gasteiger partial charge in [0.15, 0.2) is 5.16 Å². The number of ketones is 1. The van der Waals surface area contributed by atoms with Crippen molar-refractivity contribution in [1.82, 2.24) is 9.97 Å². The highest BCUT2D eigenvalue weighted by molar-refractivity contribution is 7.99. The summed E-state index contributed by atoms with van der Waals surface area (Å²) in [6.45, 7) is 1.92. The van der Waals surface area contributed by atoms with Gasteiger partial charge in [0.05, 0.1) is 11.3 Å². The van der Waals surface area contributed by atoms with Crippen LogP contribution in [-0.2, 0) is 4.79 Å². The summed E-state index contributed by atoms with van der Waals surface area (Å²) in [7, 11) is 0. The number of aromatic nitrogens is 2. The topological polar surface area (TPSA) is 72.0 Å². The van der Waals surface area contributed by atoms with Gasteiger partial charge in [-0.05, 0) is 42.4 Å². The molecule has 1 N–H and O–H groups in total. The molecule has 0 fully saturated rings. The van der Waals surface area contributed by atoms with Crippen LogP contribution in [0.15, 0.2) is 40.6 Å². The number of nitrogens with zero attached hydrogens (tertiary/aromatic N) is 2. The Bertz CT molecular complexity index is 683. The molecule has 1 amide bonds. The van der Waals surface area contributed by atoms with E-state index >= 15 is 0 Å². The van der Waals surface area contributed by atoms with Gasteiger partial charge in [-0.25, -0.2) is 9.97 Å². The SMILES string of the molecule is Cc1cnc(Sc2ccc3c(c2)NC(=O)C3=O)nc1. The number of aryl methyl sites for hydroxylation is 1. The summed E-state index contributed by atoms with van der Waals surface area (Å²) < 4.78 is 0. The predicted molar refractivity (Wildman–Crippen MR) is 70.3 cm³/mol. The molecule has 0 bridgehead atoms. The summed E-state index contributed by atoms with van der Waals surface area (Å²) in [6, 6.07) is 5.18. The molecule has 1 aromatic carbocycles. The summed E-state index contributed by atoms with van der Waals surface area (Å²) in [5, 5.41) is 3.17. The lowest BCUT2D eigenvalue weighted by Crippen LogP contribution is -2.12. The van der Waals surface area contributed by atoms with Crippen LogP contribution in [-0.4, -0.2) is 21.7 Å². The Balaban J connectivity index is 1.88. The third kappa shape index (κ3) is 2.22. The number of hydrogen-bond acceptors (Lipinski definition) is 5. The maximum absolute atomic E-state index is 11.5. The fourth-order valence-electron chi connectivity index (χ4n) is 1.73. The largest absolute Gasteiger partial charge is 0.318 e. The fraction of sp³-hybridized carbons (Fsp3) is 0.0769. The molecule has 1 aliphatic heterocycles. The predicted octanol–water partition coefficient (Wildman–Crippen LogP) is 2.07. The molecule has 1 aliphatic rings. The summed E-state index contributed by atoms with van der Waals surface area (Å²) in [6.07, 6.45) is 3.49. The van der Waals surface area contributed by atoms with E-state index in [1.807, 2.05) is 6.92 Å². The maximum Gasteiger partial charge on any atom is 0.296 e. The quantitative estimate of drug-likeness (QED) is 0.668. The van der Waals surface area contributed by atoms with Crippen LogP contribution >= 0.6 is 11.8 Å². The molecular formula is C13H9N3O2S. The smallest absolute Gasteiger partial charge is 0.296 e. The molecule has 0 saturated carbocycles. The van der Waals surface area contributed by atoms with Crippen molar-refractivity contribution in [1.29, 1.82) is 0 Å². The number of amides is 1. The molecule has 5 nitrogen and oxygen atoms in total. The Hall–Kier alpha value is -2.21. The molecule has 0 spiro atoms. The van der Waals surface area contributed by atoms with Crippen molar-refractivity contribution in [3.63, 3.8) is 0 Å². The van der Waals surface area contributed by atoms with Gasteiger partial charge < -0.3 is 5.32 Å². The molecule has 94 valence electrons. The Labute approximate surface area is 113 Å². The first-order chi connectivity index (χ1) is 9.13. The van der Waals surface area contributed by atoms with Crippen LogP contribution in [0.2, 0.25) is 0 Å². The van der Waals surface area contributed by atoms with Crippen LogP contribution in [0.3, 0.4) is 0 Å². The molecule has 0 saturated heterocycles. The molecule has 2 heterocycles. The van der Waals surface area contributed by atoms with Crippen molar-refractivity contribution in [3.8, 4) is 0 Å². The number of Topliss-reactive ketones (excluding diaryl/α,β-unsaturated/α-hetero) is 1. The highest BCUT2D eigenvalue weighted by atomic mass is 32.2. The van der Waals surface area contributed by atoms with Crippen molar-refractivity contribution in [2.75, 3.05) is 5.32 Å². The van der Waals surface area contributed by atoms with Crippen molar-refractivity contribution in [2.45, 2.75) is 17.0 Å². The number of nitrogens with one attached hydrogen (secondary N) is 1. The second-order valence-electron chi connectivity index (χ2n) is 4.14. The molecule has 1 aromatic heterocycles. The second-order valence-corrected chi connectivity index (χ2v) is 5.18. The maximum atomic E-state index is 11.5. The third-order valence-electron chi connectivity index (χ3n) is 2.66. The molecular weight excluding hydrogens is 262 g/mol. The fourth-order valence-corrected chi connectivity index (χ4v) is 2.46. The van der Waals surface area contributed by atoms with E-state index in [0.29, 0.717) is 16.4 Å². The molecule has 0 unspecified atom stereocenters. The van der Waals surface area contributed by atoms with Crippen LogP contribution in [0.4, 0.5) is 5.69 Å². The first-order valence-corrected chi connectivity index (χ1v) is 6.41. The van der Waals surface area contributed by atoms with Crippen molar-refractivity contribution >= 4 is 29.1 Å². The Kier molecular flexibility index (Phi) is 2.79. The Morgan fingerprint density at radius 3 is 2.63 bits per heavy atom. The lowest BCUT2D eigenvalue weighted by atomic mass is 10.1. The zero-order valence-corrected chi connectivity index (χ0v) is 10.8. The van der Waals surface area contributed by atoms with E-state index in [1.54, 1.807) is 30.6 Å². The van der Waals surface area contributed by atoms with Crippen LogP contribution in [0.25, 0.3) is 0 Å². The third-order valence-corrected chi connectivity index (χ3v) is 3.54. The van der Waals surface area contributed by atoms with E-state index < -0.39 is 11.7 Å². The highest BCUT2D eigenvalue weighted by Crippen LogP contribution is 2.31. The average molecular weight is 271 g/mol. The minimum atomic E-state index is -0.580. The minimum absolute atomic E-state index is 0.416. The zero-order chi connectivity index (χ0) is 13.4. The first kappa shape index (κ1) is 11.9. The van der Waals surface area contributed by atoms with Gasteiger partial charge >= 0.3 is 0 Å². The molecule has 6 heteroatoms. The number of hydrogen-bond donors (Lipinski definition) is 1. The monoisotopic (exact) mass is 271 g/mol. The summed E-state index contributed by atoms with van der Waals surface area (Å²) in [4.78, 5) is 32.0. The van der Waals surface area contributed by atoms with Gasteiger partial charge in [-0.1, -0.05) is 0 Å². The number of anilines is 1. The van der Waals surface area contributed by atoms with Crippen LogP contribution in [0.5, 0.6) is 0 Å². The average Bonchev–Trinajstić information content (AvgIpc) is 2.68. The minimum Gasteiger partial charge on any atom is -0.318 e. The van der Waals surface area contributed by atoms with E-state index in [0.717, 1.165) is 10.5 Å².